The molecule has 0 aromatic heterocycles. The lowest BCUT2D eigenvalue weighted by Crippen LogP contribution is -2.40. The highest BCUT2D eigenvalue weighted by Crippen LogP contribution is 2.21. The molecule has 26 heavy (non-hydrogen) atoms. The van der Waals surface area contributed by atoms with E-state index in [1.54, 1.807) is 0 Å². The van der Waals surface area contributed by atoms with Crippen LogP contribution >= 0.6 is 24.0 Å². The van der Waals surface area contributed by atoms with Gasteiger partial charge in [0, 0.05) is 19.6 Å². The van der Waals surface area contributed by atoms with Crippen molar-refractivity contribution in [2.75, 3.05) is 19.6 Å². The molecule has 0 unspecified atom stereocenters. The van der Waals surface area contributed by atoms with Crippen LogP contribution in [-0.2, 0) is 6.54 Å². The molecule has 0 aliphatic carbocycles. The number of hydrogen-bond donors (Lipinski definition) is 2. The topological polar surface area (TPSA) is 57.1 Å². The third kappa shape index (κ3) is 5.88. The summed E-state index contributed by atoms with van der Waals surface area (Å²) in [6, 6.07) is 17.7. The third-order valence-electron chi connectivity index (χ3n) is 4.11. The third-order valence-corrected chi connectivity index (χ3v) is 4.11. The standard InChI is InChI=1S/C20H25N3O2.HI/c1-2-21-20(23-13-12-17(24)15-23)22-14-16-8-10-19(11-9-16)25-18-6-4-3-5-7-18;/h3-11,17,24H,2,12-15H2,1H3,(H,21,22);1H/t17-;/m1./s1. The summed E-state index contributed by atoms with van der Waals surface area (Å²) in [7, 11) is 0. The monoisotopic (exact) mass is 467 g/mol. The molecule has 2 aromatic rings. The van der Waals surface area contributed by atoms with E-state index < -0.39 is 0 Å². The number of nitrogens with zero attached hydrogens (tertiary/aromatic N) is 2. The molecule has 0 amide bonds. The van der Waals surface area contributed by atoms with E-state index in [9.17, 15) is 5.11 Å². The van der Waals surface area contributed by atoms with Crippen molar-refractivity contribution in [1.29, 1.82) is 0 Å². The molecule has 0 radical (unpaired) electrons. The fourth-order valence-corrected chi connectivity index (χ4v) is 2.81. The van der Waals surface area contributed by atoms with Crippen LogP contribution in [0.15, 0.2) is 59.6 Å². The van der Waals surface area contributed by atoms with Crippen LogP contribution in [0.2, 0.25) is 0 Å². The Morgan fingerprint density at radius 2 is 1.85 bits per heavy atom. The predicted octanol–water partition coefficient (Wildman–Crippen LogP) is 3.63. The Labute approximate surface area is 172 Å². The summed E-state index contributed by atoms with van der Waals surface area (Å²) in [5, 5.41) is 13.0. The Balaban J connectivity index is 0.00000243. The second-order valence-corrected chi connectivity index (χ2v) is 6.12. The SMILES string of the molecule is CCNC(=NCc1ccc(Oc2ccccc2)cc1)N1CC[C@@H](O)C1.I. The predicted molar refractivity (Wildman–Crippen MR) is 115 cm³/mol. The first-order chi connectivity index (χ1) is 12.2. The first-order valence-corrected chi connectivity index (χ1v) is 8.78. The fourth-order valence-electron chi connectivity index (χ4n) is 2.81. The summed E-state index contributed by atoms with van der Waals surface area (Å²) in [6.45, 7) is 4.96. The second-order valence-electron chi connectivity index (χ2n) is 6.12. The molecule has 3 rings (SSSR count). The smallest absolute Gasteiger partial charge is 0.194 e. The van der Waals surface area contributed by atoms with Gasteiger partial charge in [-0.25, -0.2) is 4.99 Å². The van der Waals surface area contributed by atoms with E-state index in [0.29, 0.717) is 13.1 Å². The molecular formula is C20H26IN3O2. The van der Waals surface area contributed by atoms with Gasteiger partial charge >= 0.3 is 0 Å². The fraction of sp³-hybridized carbons (Fsp3) is 0.350. The Bertz CT molecular complexity index is 692. The van der Waals surface area contributed by atoms with Crippen molar-refractivity contribution >= 4 is 29.9 Å². The molecule has 2 N–H and O–H groups in total. The number of halogens is 1. The number of aliphatic imine (C=N–C) groups is 1. The lowest BCUT2D eigenvalue weighted by molar-refractivity contribution is 0.188. The number of aliphatic hydroxyl groups is 1. The average Bonchev–Trinajstić information content (AvgIpc) is 3.07. The number of likely N-dealkylation sites (tertiary alicyclic amines) is 1. The minimum absolute atomic E-state index is 0. The number of benzene rings is 2. The summed E-state index contributed by atoms with van der Waals surface area (Å²) in [4.78, 5) is 6.81. The van der Waals surface area contributed by atoms with Gasteiger partial charge in [-0.1, -0.05) is 30.3 Å². The van der Waals surface area contributed by atoms with Crippen molar-refractivity contribution in [2.45, 2.75) is 26.0 Å². The summed E-state index contributed by atoms with van der Waals surface area (Å²) in [5.74, 6) is 2.51. The van der Waals surface area contributed by atoms with Gasteiger partial charge in [0.25, 0.3) is 0 Å². The van der Waals surface area contributed by atoms with Crippen molar-refractivity contribution in [3.05, 3.63) is 60.2 Å². The molecule has 0 saturated carbocycles. The maximum Gasteiger partial charge on any atom is 0.194 e. The van der Waals surface area contributed by atoms with Crippen molar-refractivity contribution in [3.8, 4) is 11.5 Å². The van der Waals surface area contributed by atoms with E-state index in [4.69, 9.17) is 9.73 Å². The minimum atomic E-state index is -0.252. The van der Waals surface area contributed by atoms with Gasteiger partial charge in [0.1, 0.15) is 11.5 Å². The molecule has 5 nitrogen and oxygen atoms in total. The van der Waals surface area contributed by atoms with Crippen molar-refractivity contribution in [3.63, 3.8) is 0 Å². The molecule has 1 aliphatic rings. The van der Waals surface area contributed by atoms with Gasteiger partial charge in [-0.3, -0.25) is 0 Å². The highest BCUT2D eigenvalue weighted by molar-refractivity contribution is 14.0. The molecular weight excluding hydrogens is 441 g/mol. The van der Waals surface area contributed by atoms with E-state index in [1.807, 2.05) is 54.6 Å². The molecule has 0 spiro atoms. The number of rotatable bonds is 5. The lowest BCUT2D eigenvalue weighted by Gasteiger charge is -2.20. The van der Waals surface area contributed by atoms with Gasteiger partial charge in [-0.05, 0) is 43.2 Å². The van der Waals surface area contributed by atoms with Gasteiger partial charge in [0.2, 0.25) is 0 Å². The molecule has 2 aromatic carbocycles. The maximum absolute atomic E-state index is 9.72. The van der Waals surface area contributed by atoms with Gasteiger partial charge in [-0.2, -0.15) is 0 Å². The highest BCUT2D eigenvalue weighted by Gasteiger charge is 2.22. The minimum Gasteiger partial charge on any atom is -0.457 e. The van der Waals surface area contributed by atoms with E-state index >= 15 is 0 Å². The summed E-state index contributed by atoms with van der Waals surface area (Å²) < 4.78 is 5.81. The van der Waals surface area contributed by atoms with Gasteiger partial charge < -0.3 is 20.1 Å². The molecule has 1 heterocycles. The lowest BCUT2D eigenvalue weighted by atomic mass is 10.2. The molecule has 1 fully saturated rings. The van der Waals surface area contributed by atoms with Crippen LogP contribution < -0.4 is 10.1 Å². The number of ether oxygens (including phenoxy) is 1. The van der Waals surface area contributed by atoms with Crippen LogP contribution in [0, 0.1) is 0 Å². The van der Waals surface area contributed by atoms with Crippen LogP contribution in [0.3, 0.4) is 0 Å². The Morgan fingerprint density at radius 1 is 1.15 bits per heavy atom. The molecule has 1 saturated heterocycles. The number of hydrogen-bond acceptors (Lipinski definition) is 3. The number of β-amino-alcohol motifs (C(OH)–C–C–N with tert-alkyl or cyclic N) is 1. The van der Waals surface area contributed by atoms with E-state index in [2.05, 4.69) is 17.1 Å². The van der Waals surface area contributed by atoms with Crippen LogP contribution in [-0.4, -0.2) is 41.7 Å². The molecule has 0 bridgehead atoms. The second kappa shape index (κ2) is 10.4. The normalized spacial score (nSPS) is 16.9. The molecule has 1 atom stereocenters. The Morgan fingerprint density at radius 3 is 2.46 bits per heavy atom. The molecule has 1 aliphatic heterocycles. The largest absolute Gasteiger partial charge is 0.457 e. The number of para-hydroxylation sites is 1. The highest BCUT2D eigenvalue weighted by atomic mass is 127. The van der Waals surface area contributed by atoms with Crippen LogP contribution in [0.1, 0.15) is 18.9 Å². The van der Waals surface area contributed by atoms with E-state index in [-0.39, 0.29) is 30.1 Å². The summed E-state index contributed by atoms with van der Waals surface area (Å²) >= 11 is 0. The zero-order valence-electron chi connectivity index (χ0n) is 15.0. The average molecular weight is 467 g/mol. The van der Waals surface area contributed by atoms with Crippen LogP contribution in [0.4, 0.5) is 0 Å². The quantitative estimate of drug-likeness (QED) is 0.401. The maximum atomic E-state index is 9.72. The number of guanidine groups is 1. The Kier molecular flexibility index (Phi) is 8.18. The van der Waals surface area contributed by atoms with E-state index in [1.165, 1.54) is 0 Å². The van der Waals surface area contributed by atoms with Crippen molar-refractivity contribution in [2.24, 2.45) is 4.99 Å². The van der Waals surface area contributed by atoms with Crippen LogP contribution in [0.25, 0.3) is 0 Å². The zero-order chi connectivity index (χ0) is 17.5. The van der Waals surface area contributed by atoms with Gasteiger partial charge in [-0.15, -0.1) is 24.0 Å². The Hall–Kier alpha value is -1.80. The van der Waals surface area contributed by atoms with Crippen LogP contribution in [0.5, 0.6) is 11.5 Å². The van der Waals surface area contributed by atoms with E-state index in [0.717, 1.165) is 42.5 Å². The first-order valence-electron chi connectivity index (χ1n) is 8.78. The van der Waals surface area contributed by atoms with Crippen molar-refractivity contribution < 1.29 is 9.84 Å². The zero-order valence-corrected chi connectivity index (χ0v) is 17.3. The molecule has 6 heteroatoms. The summed E-state index contributed by atoms with van der Waals surface area (Å²) in [6.07, 6.45) is 0.550. The van der Waals surface area contributed by atoms with Gasteiger partial charge in [0.15, 0.2) is 5.96 Å². The summed E-state index contributed by atoms with van der Waals surface area (Å²) in [5.41, 5.74) is 1.12. The molecule has 140 valence electrons. The van der Waals surface area contributed by atoms with Crippen molar-refractivity contribution in [1.82, 2.24) is 10.2 Å². The van der Waals surface area contributed by atoms with Gasteiger partial charge in [0.05, 0.1) is 12.6 Å². The number of aliphatic hydroxyl groups excluding tert-OH is 1. The number of nitrogens with one attached hydrogen (secondary N) is 1. The first kappa shape index (κ1) is 20.5.